The van der Waals surface area contributed by atoms with Gasteiger partial charge in [0.15, 0.2) is 0 Å². The van der Waals surface area contributed by atoms with E-state index >= 15 is 0 Å². The highest BCUT2D eigenvalue weighted by molar-refractivity contribution is 5.77. The van der Waals surface area contributed by atoms with Crippen LogP contribution in [0.15, 0.2) is 6.33 Å². The van der Waals surface area contributed by atoms with Gasteiger partial charge in [0.25, 0.3) is 5.88 Å². The van der Waals surface area contributed by atoms with Crippen molar-refractivity contribution >= 4 is 5.91 Å². The Morgan fingerprint density at radius 2 is 2.35 bits per heavy atom. The fourth-order valence-corrected chi connectivity index (χ4v) is 2.14. The van der Waals surface area contributed by atoms with Crippen molar-refractivity contribution < 1.29 is 18.7 Å². The Hall–Kier alpha value is -1.76. The van der Waals surface area contributed by atoms with Crippen molar-refractivity contribution in [2.75, 3.05) is 26.8 Å². The lowest BCUT2D eigenvalue weighted by atomic mass is 10.3. The molecule has 20 heavy (non-hydrogen) atoms. The first-order valence-corrected chi connectivity index (χ1v) is 6.58. The van der Waals surface area contributed by atoms with Crippen molar-refractivity contribution in [3.63, 3.8) is 0 Å². The first-order valence-electron chi connectivity index (χ1n) is 6.58. The van der Waals surface area contributed by atoms with Gasteiger partial charge in [-0.1, -0.05) is 6.92 Å². The lowest BCUT2D eigenvalue weighted by molar-refractivity contribution is -0.134. The number of carbonyl (C=O) groups excluding carboxylic acids is 1. The van der Waals surface area contributed by atoms with Crippen LogP contribution in [0.1, 0.15) is 19.0 Å². The molecule has 1 amide bonds. The molecule has 1 aliphatic rings. The number of likely N-dealkylation sites (tertiary alicyclic amines) is 1. The molecular weight excluding hydrogens is 265 g/mol. The number of rotatable bonds is 5. The molecule has 7 heteroatoms. The summed E-state index contributed by atoms with van der Waals surface area (Å²) in [6.07, 6.45) is 2.18. The molecule has 6 nitrogen and oxygen atoms in total. The van der Waals surface area contributed by atoms with E-state index in [1.54, 1.807) is 4.90 Å². The maximum absolute atomic E-state index is 14.0. The number of aryl methyl sites for hydroxylation is 1. The molecule has 1 aliphatic heterocycles. The van der Waals surface area contributed by atoms with E-state index in [0.29, 0.717) is 31.6 Å². The summed E-state index contributed by atoms with van der Waals surface area (Å²) >= 11 is 0. The van der Waals surface area contributed by atoms with Crippen molar-refractivity contribution in [1.82, 2.24) is 14.9 Å². The quantitative estimate of drug-likeness (QED) is 0.800. The Morgan fingerprint density at radius 1 is 1.55 bits per heavy atom. The summed E-state index contributed by atoms with van der Waals surface area (Å²) < 4.78 is 24.3. The molecule has 1 aromatic heterocycles. The second-order valence-corrected chi connectivity index (χ2v) is 4.59. The molecule has 0 spiro atoms. The van der Waals surface area contributed by atoms with Crippen LogP contribution in [0.4, 0.5) is 4.39 Å². The van der Waals surface area contributed by atoms with Gasteiger partial charge in [0.2, 0.25) is 11.7 Å². The molecule has 0 N–H and O–H groups in total. The fraction of sp³-hybridized carbons (Fsp3) is 0.615. The lowest BCUT2D eigenvalue weighted by Crippen LogP contribution is -2.33. The highest BCUT2D eigenvalue weighted by Gasteiger charge is 2.28. The molecule has 1 fully saturated rings. The molecule has 0 bridgehead atoms. The summed E-state index contributed by atoms with van der Waals surface area (Å²) in [7, 11) is 1.48. The second kappa shape index (κ2) is 6.60. The van der Waals surface area contributed by atoms with E-state index in [1.807, 2.05) is 6.92 Å². The summed E-state index contributed by atoms with van der Waals surface area (Å²) in [6, 6.07) is 0. The first-order chi connectivity index (χ1) is 9.65. The minimum Gasteiger partial charge on any atom is -0.470 e. The van der Waals surface area contributed by atoms with Crippen LogP contribution in [-0.4, -0.2) is 53.7 Å². The number of amides is 1. The summed E-state index contributed by atoms with van der Waals surface area (Å²) in [4.78, 5) is 21.0. The van der Waals surface area contributed by atoms with Crippen molar-refractivity contribution in [3.05, 3.63) is 17.8 Å². The average Bonchev–Trinajstić information content (AvgIpc) is 2.90. The van der Waals surface area contributed by atoms with Gasteiger partial charge in [0.1, 0.15) is 19.0 Å². The molecule has 2 rings (SSSR count). The zero-order valence-electron chi connectivity index (χ0n) is 11.6. The van der Waals surface area contributed by atoms with E-state index < -0.39 is 5.82 Å². The van der Waals surface area contributed by atoms with E-state index in [0.717, 1.165) is 0 Å². The van der Waals surface area contributed by atoms with E-state index in [2.05, 4.69) is 9.97 Å². The van der Waals surface area contributed by atoms with E-state index in [4.69, 9.17) is 9.47 Å². The van der Waals surface area contributed by atoms with Gasteiger partial charge in [0.05, 0.1) is 12.2 Å². The van der Waals surface area contributed by atoms with Gasteiger partial charge >= 0.3 is 0 Å². The highest BCUT2D eigenvalue weighted by Crippen LogP contribution is 2.21. The average molecular weight is 283 g/mol. The standard InChI is InChI=1S/C13H18FN3O3/c1-3-10-12(14)13(16-8-15-10)20-9-4-5-17(6-9)11(18)7-19-2/h8-9H,3-7H2,1-2H3. The van der Waals surface area contributed by atoms with Gasteiger partial charge < -0.3 is 14.4 Å². The smallest absolute Gasteiger partial charge is 0.254 e. The van der Waals surface area contributed by atoms with Gasteiger partial charge in [-0.15, -0.1) is 0 Å². The third-order valence-corrected chi connectivity index (χ3v) is 3.21. The van der Waals surface area contributed by atoms with Gasteiger partial charge in [0, 0.05) is 20.1 Å². The second-order valence-electron chi connectivity index (χ2n) is 4.59. The number of hydrogen-bond acceptors (Lipinski definition) is 5. The number of halogens is 1. The topological polar surface area (TPSA) is 64.6 Å². The number of aromatic nitrogens is 2. The SMILES string of the molecule is CCc1ncnc(OC2CCN(C(=O)COC)C2)c1F. The van der Waals surface area contributed by atoms with E-state index in [-0.39, 0.29) is 24.5 Å². The fourth-order valence-electron chi connectivity index (χ4n) is 2.14. The summed E-state index contributed by atoms with van der Waals surface area (Å²) in [5.74, 6) is -0.643. The normalized spacial score (nSPS) is 18.4. The zero-order chi connectivity index (χ0) is 14.5. The van der Waals surface area contributed by atoms with Crippen molar-refractivity contribution in [2.45, 2.75) is 25.9 Å². The molecule has 0 aliphatic carbocycles. The van der Waals surface area contributed by atoms with Gasteiger partial charge in [-0.3, -0.25) is 4.79 Å². The molecule has 0 aromatic carbocycles. The van der Waals surface area contributed by atoms with Crippen LogP contribution in [0.25, 0.3) is 0 Å². The number of methoxy groups -OCH3 is 1. The Bertz CT molecular complexity index is 484. The Balaban J connectivity index is 1.97. The van der Waals surface area contributed by atoms with Crippen molar-refractivity contribution in [3.8, 4) is 5.88 Å². The minimum absolute atomic E-state index is 0.0390. The highest BCUT2D eigenvalue weighted by atomic mass is 19.1. The Kier molecular flexibility index (Phi) is 4.84. The van der Waals surface area contributed by atoms with Crippen LogP contribution >= 0.6 is 0 Å². The molecule has 1 aromatic rings. The molecule has 110 valence electrons. The number of ether oxygens (including phenoxy) is 2. The summed E-state index contributed by atoms with van der Waals surface area (Å²) in [5, 5.41) is 0. The molecule has 1 unspecified atom stereocenters. The van der Waals surface area contributed by atoms with Gasteiger partial charge in [-0.2, -0.15) is 9.37 Å². The predicted octanol–water partition coefficient (Wildman–Crippen LogP) is 0.804. The van der Waals surface area contributed by atoms with E-state index in [1.165, 1.54) is 13.4 Å². The number of hydrogen-bond donors (Lipinski definition) is 0. The van der Waals surface area contributed by atoms with Crippen LogP contribution < -0.4 is 4.74 Å². The molecule has 1 atom stereocenters. The Morgan fingerprint density at radius 3 is 3.05 bits per heavy atom. The molecule has 1 saturated heterocycles. The van der Waals surface area contributed by atoms with Gasteiger partial charge in [-0.05, 0) is 6.42 Å². The van der Waals surface area contributed by atoms with Crippen molar-refractivity contribution in [2.24, 2.45) is 0 Å². The molecule has 0 radical (unpaired) electrons. The predicted molar refractivity (Wildman–Crippen MR) is 68.9 cm³/mol. The maximum atomic E-state index is 14.0. The maximum Gasteiger partial charge on any atom is 0.254 e. The number of carbonyl (C=O) groups is 1. The van der Waals surface area contributed by atoms with Gasteiger partial charge in [-0.25, -0.2) is 4.98 Å². The van der Waals surface area contributed by atoms with Crippen molar-refractivity contribution in [1.29, 1.82) is 0 Å². The molecule has 2 heterocycles. The summed E-state index contributed by atoms with van der Waals surface area (Å²) in [6.45, 7) is 2.87. The van der Waals surface area contributed by atoms with Crippen LogP contribution in [0, 0.1) is 5.82 Å². The summed E-state index contributed by atoms with van der Waals surface area (Å²) in [5.41, 5.74) is 0.334. The first kappa shape index (κ1) is 14.6. The lowest BCUT2D eigenvalue weighted by Gasteiger charge is -2.16. The molecule has 0 saturated carbocycles. The monoisotopic (exact) mass is 283 g/mol. The third-order valence-electron chi connectivity index (χ3n) is 3.21. The Labute approximate surface area is 116 Å². The van der Waals surface area contributed by atoms with Crippen LogP contribution in [0.2, 0.25) is 0 Å². The zero-order valence-corrected chi connectivity index (χ0v) is 11.6. The van der Waals surface area contributed by atoms with E-state index in [9.17, 15) is 9.18 Å². The number of nitrogens with zero attached hydrogens (tertiary/aromatic N) is 3. The largest absolute Gasteiger partial charge is 0.470 e. The molecular formula is C13H18FN3O3. The third kappa shape index (κ3) is 3.22. The van der Waals surface area contributed by atoms with Crippen LogP contribution in [-0.2, 0) is 16.0 Å². The van der Waals surface area contributed by atoms with Crippen LogP contribution in [0.3, 0.4) is 0 Å². The van der Waals surface area contributed by atoms with Crippen LogP contribution in [0.5, 0.6) is 5.88 Å². The minimum atomic E-state index is -0.517.